The summed E-state index contributed by atoms with van der Waals surface area (Å²) in [5.74, 6) is 0.772. The van der Waals surface area contributed by atoms with E-state index in [9.17, 15) is 4.79 Å². The molecular weight excluding hydrogens is 346 g/mol. The van der Waals surface area contributed by atoms with Gasteiger partial charge in [-0.05, 0) is 57.2 Å². The van der Waals surface area contributed by atoms with Crippen molar-refractivity contribution in [3.05, 3.63) is 24.2 Å². The highest BCUT2D eigenvalue weighted by Crippen LogP contribution is 2.34. The molecule has 4 rings (SSSR count). The number of carbonyl (C=O) groups excluding carboxylic acids is 1. The molecule has 2 unspecified atom stereocenters. The van der Waals surface area contributed by atoms with Crippen LogP contribution in [0.15, 0.2) is 18.5 Å². The van der Waals surface area contributed by atoms with Crippen molar-refractivity contribution >= 4 is 17.3 Å². The number of nitrogen functional groups attached to an aromatic ring is 1. The van der Waals surface area contributed by atoms with E-state index in [1.54, 1.807) is 4.52 Å². The number of nitrogens with two attached hydrogens (primary N) is 1. The minimum absolute atomic E-state index is 0.0719. The Labute approximate surface area is 158 Å². The number of anilines is 1. The van der Waals surface area contributed by atoms with E-state index in [4.69, 9.17) is 15.2 Å². The van der Waals surface area contributed by atoms with E-state index >= 15 is 0 Å². The molecule has 0 bridgehead atoms. The Morgan fingerprint density at radius 2 is 2.26 bits per heavy atom. The minimum atomic E-state index is -0.113. The highest BCUT2D eigenvalue weighted by Gasteiger charge is 2.31. The topological polar surface area (TPSA) is 104 Å². The monoisotopic (exact) mass is 373 g/mol. The molecule has 146 valence electrons. The molecule has 0 amide bonds. The largest absolute Gasteiger partial charge is 0.463 e. The maximum Gasteiger partial charge on any atom is 0.306 e. The molecule has 1 aliphatic carbocycles. The van der Waals surface area contributed by atoms with Gasteiger partial charge in [0, 0.05) is 12.5 Å². The highest BCUT2D eigenvalue weighted by molar-refractivity contribution is 5.69. The van der Waals surface area contributed by atoms with E-state index in [1.165, 1.54) is 6.33 Å². The molecule has 0 aromatic carbocycles. The summed E-state index contributed by atoms with van der Waals surface area (Å²) in [4.78, 5) is 16.1. The van der Waals surface area contributed by atoms with Crippen LogP contribution in [0.5, 0.6) is 0 Å². The average Bonchev–Trinajstić information content (AvgIpc) is 3.39. The highest BCUT2D eigenvalue weighted by atomic mass is 16.6. The fourth-order valence-electron chi connectivity index (χ4n) is 4.27. The third-order valence-electron chi connectivity index (χ3n) is 5.78. The number of hydrogen-bond donors (Lipinski definition) is 2. The third kappa shape index (κ3) is 3.91. The molecule has 4 atom stereocenters. The summed E-state index contributed by atoms with van der Waals surface area (Å²) in [5.41, 5.74) is 7.62. The molecule has 3 N–H and O–H groups in total. The van der Waals surface area contributed by atoms with Crippen LogP contribution in [0, 0.1) is 5.92 Å². The lowest BCUT2D eigenvalue weighted by Crippen LogP contribution is -2.22. The zero-order valence-corrected chi connectivity index (χ0v) is 15.6. The van der Waals surface area contributed by atoms with Gasteiger partial charge in [-0.2, -0.15) is 5.10 Å². The zero-order valence-electron chi connectivity index (χ0n) is 15.6. The van der Waals surface area contributed by atoms with Crippen LogP contribution < -0.4 is 11.1 Å². The number of ether oxygens (including phenoxy) is 2. The summed E-state index contributed by atoms with van der Waals surface area (Å²) >= 11 is 0. The molecule has 0 radical (unpaired) electrons. The van der Waals surface area contributed by atoms with E-state index in [1.807, 2.05) is 19.2 Å². The second-order valence-electron chi connectivity index (χ2n) is 7.58. The van der Waals surface area contributed by atoms with E-state index < -0.39 is 0 Å². The molecule has 2 aliphatic rings. The predicted octanol–water partition coefficient (Wildman–Crippen LogP) is 1.85. The van der Waals surface area contributed by atoms with Gasteiger partial charge in [0.05, 0.1) is 11.8 Å². The Bertz CT molecular complexity index is 808. The quantitative estimate of drug-likeness (QED) is 0.745. The van der Waals surface area contributed by atoms with Crippen LogP contribution in [0.4, 0.5) is 5.82 Å². The SMILES string of the molecule is CNC1CCC(CC(=O)OC[C@@H]2CC[C@H](c3ccc4c(N)ncnn34)O2)C1. The van der Waals surface area contributed by atoms with Crippen molar-refractivity contribution in [1.82, 2.24) is 19.9 Å². The van der Waals surface area contributed by atoms with Crippen molar-refractivity contribution in [2.24, 2.45) is 5.92 Å². The number of nitrogens with one attached hydrogen (secondary N) is 1. The summed E-state index contributed by atoms with van der Waals surface area (Å²) < 4.78 is 13.4. The fourth-order valence-corrected chi connectivity index (χ4v) is 4.27. The first-order valence-electron chi connectivity index (χ1n) is 9.70. The molecule has 1 saturated heterocycles. The van der Waals surface area contributed by atoms with Gasteiger partial charge in [0.25, 0.3) is 0 Å². The number of fused-ring (bicyclic) bond motifs is 1. The first-order valence-corrected chi connectivity index (χ1v) is 9.70. The Kier molecular flexibility index (Phi) is 5.27. The van der Waals surface area contributed by atoms with Gasteiger partial charge in [-0.1, -0.05) is 0 Å². The lowest BCUT2D eigenvalue weighted by molar-refractivity contribution is -0.148. The van der Waals surface area contributed by atoms with E-state index in [0.29, 0.717) is 30.8 Å². The van der Waals surface area contributed by atoms with Crippen molar-refractivity contribution in [2.75, 3.05) is 19.4 Å². The lowest BCUT2D eigenvalue weighted by Gasteiger charge is -2.15. The summed E-state index contributed by atoms with van der Waals surface area (Å²) in [6, 6.07) is 4.41. The van der Waals surface area contributed by atoms with E-state index in [-0.39, 0.29) is 18.2 Å². The van der Waals surface area contributed by atoms with Gasteiger partial charge >= 0.3 is 5.97 Å². The number of carbonyl (C=O) groups is 1. The van der Waals surface area contributed by atoms with Crippen molar-refractivity contribution in [2.45, 2.75) is 56.8 Å². The van der Waals surface area contributed by atoms with Gasteiger partial charge in [-0.25, -0.2) is 9.50 Å². The maximum atomic E-state index is 12.1. The first-order chi connectivity index (χ1) is 13.1. The van der Waals surface area contributed by atoms with Crippen LogP contribution in [-0.4, -0.2) is 46.4 Å². The molecule has 2 aromatic heterocycles. The van der Waals surface area contributed by atoms with Gasteiger partial charge in [0.2, 0.25) is 0 Å². The number of rotatable bonds is 6. The Balaban J connectivity index is 1.27. The van der Waals surface area contributed by atoms with Crippen LogP contribution >= 0.6 is 0 Å². The summed E-state index contributed by atoms with van der Waals surface area (Å²) in [5, 5.41) is 7.56. The smallest absolute Gasteiger partial charge is 0.306 e. The first kappa shape index (κ1) is 18.2. The standard InChI is InChI=1S/C19H27N5O3/c1-21-13-3-2-12(8-13)9-18(25)26-10-14-4-7-17(27-14)15-5-6-16-19(20)22-11-23-24(15)16/h5-6,11-14,17,21H,2-4,7-10H2,1H3,(H2,20,22,23)/t12?,13?,14-,17+/m0/s1. The van der Waals surface area contributed by atoms with Crippen LogP contribution in [0.2, 0.25) is 0 Å². The molecule has 8 heteroatoms. The van der Waals surface area contributed by atoms with Crippen LogP contribution in [-0.2, 0) is 14.3 Å². The van der Waals surface area contributed by atoms with Crippen molar-refractivity contribution in [3.8, 4) is 0 Å². The van der Waals surface area contributed by atoms with Crippen molar-refractivity contribution in [3.63, 3.8) is 0 Å². The Hall–Kier alpha value is -2.19. The van der Waals surface area contributed by atoms with Gasteiger partial charge in [0.15, 0.2) is 5.82 Å². The zero-order chi connectivity index (χ0) is 18.8. The number of aromatic nitrogens is 3. The number of hydrogen-bond acceptors (Lipinski definition) is 7. The normalized spacial score (nSPS) is 28.0. The second kappa shape index (κ2) is 7.82. The molecule has 27 heavy (non-hydrogen) atoms. The van der Waals surface area contributed by atoms with Gasteiger partial charge < -0.3 is 20.5 Å². The second-order valence-corrected chi connectivity index (χ2v) is 7.58. The third-order valence-corrected chi connectivity index (χ3v) is 5.78. The minimum Gasteiger partial charge on any atom is -0.463 e. The number of nitrogens with zero attached hydrogens (tertiary/aromatic N) is 3. The van der Waals surface area contributed by atoms with Gasteiger partial charge in [-0.15, -0.1) is 0 Å². The van der Waals surface area contributed by atoms with Crippen LogP contribution in [0.25, 0.3) is 5.52 Å². The molecular formula is C19H27N5O3. The summed E-state index contributed by atoms with van der Waals surface area (Å²) in [6.45, 7) is 0.317. The molecule has 3 heterocycles. The maximum absolute atomic E-state index is 12.1. The average molecular weight is 373 g/mol. The Morgan fingerprint density at radius 3 is 3.07 bits per heavy atom. The predicted molar refractivity (Wildman–Crippen MR) is 100 cm³/mol. The molecule has 1 saturated carbocycles. The van der Waals surface area contributed by atoms with Crippen molar-refractivity contribution in [1.29, 1.82) is 0 Å². The van der Waals surface area contributed by atoms with Crippen LogP contribution in [0.1, 0.15) is 50.3 Å². The number of esters is 1. The molecule has 2 fully saturated rings. The van der Waals surface area contributed by atoms with Crippen LogP contribution in [0.3, 0.4) is 0 Å². The molecule has 1 aliphatic heterocycles. The van der Waals surface area contributed by atoms with E-state index in [0.717, 1.165) is 43.3 Å². The summed E-state index contributed by atoms with van der Waals surface area (Å²) in [6.07, 6.45) is 6.82. The summed E-state index contributed by atoms with van der Waals surface area (Å²) in [7, 11) is 1.98. The lowest BCUT2D eigenvalue weighted by atomic mass is 10.0. The van der Waals surface area contributed by atoms with Gasteiger partial charge in [0.1, 0.15) is 24.6 Å². The van der Waals surface area contributed by atoms with Crippen molar-refractivity contribution < 1.29 is 14.3 Å². The van der Waals surface area contributed by atoms with Gasteiger partial charge in [-0.3, -0.25) is 4.79 Å². The molecule has 8 nitrogen and oxygen atoms in total. The molecule has 0 spiro atoms. The fraction of sp³-hybridized carbons (Fsp3) is 0.632. The van der Waals surface area contributed by atoms with E-state index in [2.05, 4.69) is 15.4 Å². The Morgan fingerprint density at radius 1 is 1.37 bits per heavy atom. The molecule has 2 aromatic rings.